The Morgan fingerprint density at radius 3 is 0.857 bits per heavy atom. The predicted molar refractivity (Wildman–Crippen MR) is 399 cm³/mol. The van der Waals surface area contributed by atoms with Gasteiger partial charge in [0.1, 0.15) is 19.3 Å². The number of carbonyl (C=O) groups excluding carboxylic acids is 4. The molecule has 0 aromatic heterocycles. The largest absolute Gasteiger partial charge is 0.472 e. The van der Waals surface area contributed by atoms with Gasteiger partial charge in [-0.25, -0.2) is 9.13 Å². The average molecular weight is 1420 g/mol. The number of carbonyl (C=O) groups is 4. The van der Waals surface area contributed by atoms with E-state index < -0.39 is 97.5 Å². The Labute approximate surface area is 594 Å². The third-order valence-electron chi connectivity index (χ3n) is 15.7. The number of ether oxygens (including phenoxy) is 4. The molecule has 17 nitrogen and oxygen atoms in total. The van der Waals surface area contributed by atoms with E-state index in [1.54, 1.807) is 0 Å². The molecule has 5 atom stereocenters. The van der Waals surface area contributed by atoms with Crippen molar-refractivity contribution in [1.82, 2.24) is 0 Å². The average Bonchev–Trinajstić information content (AvgIpc) is 0.986. The zero-order chi connectivity index (χ0) is 71.8. The van der Waals surface area contributed by atoms with E-state index in [1.165, 1.54) is 51.4 Å². The van der Waals surface area contributed by atoms with E-state index in [0.717, 1.165) is 180 Å². The maximum absolute atomic E-state index is 13.1. The van der Waals surface area contributed by atoms with Gasteiger partial charge in [0.2, 0.25) is 0 Å². The van der Waals surface area contributed by atoms with Gasteiger partial charge in [-0.2, -0.15) is 0 Å². The molecule has 0 aliphatic carbocycles. The van der Waals surface area contributed by atoms with Crippen LogP contribution in [0.25, 0.3) is 0 Å². The van der Waals surface area contributed by atoms with Gasteiger partial charge in [0.05, 0.1) is 26.4 Å². The minimum Gasteiger partial charge on any atom is -0.462 e. The molecule has 0 saturated heterocycles. The third kappa shape index (κ3) is 70.2. The van der Waals surface area contributed by atoms with Crippen molar-refractivity contribution in [2.45, 2.75) is 329 Å². The molecule has 564 valence electrons. The summed E-state index contributed by atoms with van der Waals surface area (Å²) in [6.07, 6.45) is 75.1. The van der Waals surface area contributed by atoms with E-state index in [4.69, 9.17) is 37.0 Å². The van der Waals surface area contributed by atoms with Gasteiger partial charge in [0, 0.05) is 25.7 Å². The summed E-state index contributed by atoms with van der Waals surface area (Å²) in [5, 5.41) is 10.6. The smallest absolute Gasteiger partial charge is 0.462 e. The summed E-state index contributed by atoms with van der Waals surface area (Å²) >= 11 is 0. The molecule has 0 aliphatic heterocycles. The number of phosphoric acid groups is 2. The highest BCUT2D eigenvalue weighted by atomic mass is 31.2. The van der Waals surface area contributed by atoms with E-state index in [9.17, 15) is 43.2 Å². The molecule has 98 heavy (non-hydrogen) atoms. The Balaban J connectivity index is 5.36. The van der Waals surface area contributed by atoms with E-state index in [1.807, 2.05) is 0 Å². The number of rotatable bonds is 71. The van der Waals surface area contributed by atoms with Gasteiger partial charge in [-0.05, 0) is 141 Å². The lowest BCUT2D eigenvalue weighted by molar-refractivity contribution is -0.161. The molecule has 5 unspecified atom stereocenters. The molecule has 0 aromatic carbocycles. The van der Waals surface area contributed by atoms with Crippen molar-refractivity contribution in [2.24, 2.45) is 0 Å². The summed E-state index contributed by atoms with van der Waals surface area (Å²) in [5.41, 5.74) is 0. The first kappa shape index (κ1) is 93.7. The molecule has 0 heterocycles. The lowest BCUT2D eigenvalue weighted by Gasteiger charge is -2.21. The zero-order valence-corrected chi connectivity index (χ0v) is 63.2. The first-order valence-corrected chi connectivity index (χ1v) is 41.1. The van der Waals surface area contributed by atoms with Crippen LogP contribution >= 0.6 is 15.6 Å². The van der Waals surface area contributed by atoms with Crippen LogP contribution < -0.4 is 0 Å². The van der Waals surface area contributed by atoms with Crippen LogP contribution in [0.5, 0.6) is 0 Å². The number of unbranched alkanes of at least 4 members (excludes halogenated alkanes) is 27. The molecule has 0 spiro atoms. The molecule has 19 heteroatoms. The van der Waals surface area contributed by atoms with Crippen LogP contribution in [-0.4, -0.2) is 96.7 Å². The summed E-state index contributed by atoms with van der Waals surface area (Å²) in [6, 6.07) is 0. The molecule has 0 radical (unpaired) electrons. The number of esters is 4. The molecule has 0 amide bonds. The fraction of sp³-hybridized carbons (Fsp3) is 0.722. The molecule has 0 aliphatic rings. The van der Waals surface area contributed by atoms with Gasteiger partial charge >= 0.3 is 39.5 Å². The molecule has 0 aromatic rings. The number of aliphatic hydroxyl groups excluding tert-OH is 1. The second kappa shape index (κ2) is 71.1. The van der Waals surface area contributed by atoms with E-state index >= 15 is 0 Å². The number of hydrogen-bond acceptors (Lipinski definition) is 15. The van der Waals surface area contributed by atoms with Gasteiger partial charge in [-0.15, -0.1) is 0 Å². The van der Waals surface area contributed by atoms with Crippen molar-refractivity contribution in [2.75, 3.05) is 39.6 Å². The number of hydrogen-bond donors (Lipinski definition) is 3. The fourth-order valence-electron chi connectivity index (χ4n) is 9.91. The van der Waals surface area contributed by atoms with Crippen molar-refractivity contribution in [3.8, 4) is 0 Å². The minimum atomic E-state index is -4.98. The molecular formula is C79H136O17P2. The highest BCUT2D eigenvalue weighted by molar-refractivity contribution is 7.47. The first-order valence-electron chi connectivity index (χ1n) is 38.1. The summed E-state index contributed by atoms with van der Waals surface area (Å²) in [5.74, 6) is -2.23. The van der Waals surface area contributed by atoms with Crippen LogP contribution in [0.1, 0.15) is 310 Å². The van der Waals surface area contributed by atoms with Gasteiger partial charge in [0.15, 0.2) is 12.2 Å². The van der Waals surface area contributed by atoms with Crippen LogP contribution in [-0.2, 0) is 65.4 Å². The van der Waals surface area contributed by atoms with Crippen molar-refractivity contribution in [3.05, 3.63) is 109 Å². The quantitative estimate of drug-likeness (QED) is 0.0169. The molecular weight excluding hydrogens is 1280 g/mol. The Kier molecular flexibility index (Phi) is 68.0. The maximum Gasteiger partial charge on any atom is 0.472 e. The SMILES string of the molecule is CC/C=C\C/C=C\C/C=C\C/C=C\CCCCCCC(=O)OCC(COP(=O)(O)OCC(O)COP(=O)(O)OCC(COC(=O)CCCCCCC/C=C\C/C=C\C/C=C\CC)OC(=O)CCCCCCC/C=C\CCCC)OC(=O)CCCCCCC/C=C\CCCCCCCC. The summed E-state index contributed by atoms with van der Waals surface area (Å²) in [6.45, 7) is 4.55. The Morgan fingerprint density at radius 2 is 0.541 bits per heavy atom. The van der Waals surface area contributed by atoms with Crippen LogP contribution in [0.3, 0.4) is 0 Å². The number of allylic oxidation sites excluding steroid dienone is 18. The predicted octanol–water partition coefficient (Wildman–Crippen LogP) is 21.8. The second-order valence-corrected chi connectivity index (χ2v) is 28.1. The normalized spacial score (nSPS) is 14.6. The van der Waals surface area contributed by atoms with E-state index in [2.05, 4.69) is 137 Å². The lowest BCUT2D eigenvalue weighted by atomic mass is 10.1. The van der Waals surface area contributed by atoms with Crippen LogP contribution in [0.15, 0.2) is 109 Å². The van der Waals surface area contributed by atoms with Gasteiger partial charge in [0.25, 0.3) is 0 Å². The Bertz CT molecular complexity index is 2290. The maximum atomic E-state index is 13.1. The summed E-state index contributed by atoms with van der Waals surface area (Å²) < 4.78 is 68.4. The van der Waals surface area contributed by atoms with E-state index in [0.29, 0.717) is 25.7 Å². The minimum absolute atomic E-state index is 0.0784. The second-order valence-electron chi connectivity index (χ2n) is 25.2. The third-order valence-corrected chi connectivity index (χ3v) is 17.6. The summed E-state index contributed by atoms with van der Waals surface area (Å²) in [4.78, 5) is 72.8. The number of phosphoric ester groups is 2. The molecule has 0 saturated carbocycles. The molecule has 0 fully saturated rings. The van der Waals surface area contributed by atoms with Crippen LogP contribution in [0, 0.1) is 0 Å². The fourth-order valence-corrected chi connectivity index (χ4v) is 11.5. The van der Waals surface area contributed by atoms with Crippen LogP contribution in [0.4, 0.5) is 0 Å². The van der Waals surface area contributed by atoms with Crippen LogP contribution in [0.2, 0.25) is 0 Å². The van der Waals surface area contributed by atoms with Gasteiger partial charge < -0.3 is 33.8 Å². The standard InChI is InChI=1S/C79H136O17P2/c1-5-9-13-17-21-25-29-32-35-36-39-41-45-48-52-56-60-64-77(82)90-70-75(96-79(84)66-62-58-54-50-46-42-38-34-31-27-23-19-15-11-7-3)72-94-98(87,88)92-68-73(80)67-91-97(85,86)93-71-74(95-78(83)65-61-57-53-49-43-28-24-20-16-12-8-4)69-89-76(81)63-59-55-51-47-44-40-37-33-30-26-22-18-14-10-6-2/h9-10,13-14,20-22,24-26,32-35,37-39,41,73-75,80H,5-8,11-12,15-19,23,27-31,36,40,42-72H2,1-4H3,(H,85,86)(H,87,88)/b13-9-,14-10-,24-20-,25-21-,26-22-,35-32-,37-33-,38-34-,41-39-. The highest BCUT2D eigenvalue weighted by Crippen LogP contribution is 2.45. The number of aliphatic hydroxyl groups is 1. The molecule has 0 rings (SSSR count). The molecule has 0 bridgehead atoms. The van der Waals surface area contributed by atoms with Crippen molar-refractivity contribution < 1.29 is 80.2 Å². The van der Waals surface area contributed by atoms with E-state index in [-0.39, 0.29) is 25.7 Å². The van der Waals surface area contributed by atoms with Gasteiger partial charge in [-0.1, -0.05) is 253 Å². The summed E-state index contributed by atoms with van der Waals surface area (Å²) in [7, 11) is -9.96. The Morgan fingerprint density at radius 1 is 0.296 bits per heavy atom. The highest BCUT2D eigenvalue weighted by Gasteiger charge is 2.30. The molecule has 3 N–H and O–H groups in total. The Hall–Kier alpha value is -4.28. The van der Waals surface area contributed by atoms with Crippen molar-refractivity contribution in [3.63, 3.8) is 0 Å². The first-order chi connectivity index (χ1) is 47.7. The van der Waals surface area contributed by atoms with Crippen molar-refractivity contribution in [1.29, 1.82) is 0 Å². The van der Waals surface area contributed by atoms with Crippen molar-refractivity contribution >= 4 is 39.5 Å². The lowest BCUT2D eigenvalue weighted by Crippen LogP contribution is -2.30. The monoisotopic (exact) mass is 1420 g/mol. The topological polar surface area (TPSA) is 237 Å². The zero-order valence-electron chi connectivity index (χ0n) is 61.4. The van der Waals surface area contributed by atoms with Gasteiger partial charge in [-0.3, -0.25) is 37.3 Å².